The van der Waals surface area contributed by atoms with Gasteiger partial charge in [0.2, 0.25) is 11.8 Å². The highest BCUT2D eigenvalue weighted by atomic mass is 16.5. The van der Waals surface area contributed by atoms with Gasteiger partial charge in [0.25, 0.3) is 0 Å². The van der Waals surface area contributed by atoms with E-state index in [1.807, 2.05) is 42.2 Å². The van der Waals surface area contributed by atoms with E-state index in [-0.39, 0.29) is 5.82 Å². The predicted octanol–water partition coefficient (Wildman–Crippen LogP) is 4.01. The molecule has 184 valence electrons. The van der Waals surface area contributed by atoms with Crippen LogP contribution in [0.2, 0.25) is 0 Å². The number of hydrogen-bond donors (Lipinski definition) is 2. The van der Waals surface area contributed by atoms with Crippen LogP contribution in [0.1, 0.15) is 37.9 Å². The van der Waals surface area contributed by atoms with Crippen LogP contribution in [0, 0.1) is 6.92 Å². The third-order valence-electron chi connectivity index (χ3n) is 5.02. The molecule has 0 aliphatic heterocycles. The molecule has 1 aromatic carbocycles. The number of nitrogens with one attached hydrogen (secondary N) is 2. The lowest BCUT2D eigenvalue weighted by Crippen LogP contribution is -2.31. The second-order valence-corrected chi connectivity index (χ2v) is 8.08. The molecule has 0 aliphatic rings. The molecule has 0 atom stereocenters. The lowest BCUT2D eigenvalue weighted by Gasteiger charge is -2.22. The Balaban J connectivity index is 1.75. The standard InChI is InChI=1S/C26H32N6O3/c1-4-14-32(15-5-2)26-30-22(18-23(31-26)35-16-12-20-10-6-7-13-27-20)29-25(34)24(33)28-21-11-8-9-19(3)17-21/h6-11,13,17-18H,4-5,12,14-16H2,1-3H3,(H,28,33)(H,29,30,31,34). The van der Waals surface area contributed by atoms with E-state index < -0.39 is 11.8 Å². The summed E-state index contributed by atoms with van der Waals surface area (Å²) >= 11 is 0. The number of benzene rings is 1. The summed E-state index contributed by atoms with van der Waals surface area (Å²) in [6, 6.07) is 14.5. The second-order valence-electron chi connectivity index (χ2n) is 8.08. The largest absolute Gasteiger partial charge is 0.477 e. The predicted molar refractivity (Wildman–Crippen MR) is 137 cm³/mol. The van der Waals surface area contributed by atoms with Crippen LogP contribution in [0.25, 0.3) is 0 Å². The summed E-state index contributed by atoms with van der Waals surface area (Å²) in [5.41, 5.74) is 2.42. The summed E-state index contributed by atoms with van der Waals surface area (Å²) in [4.78, 5) is 40.4. The van der Waals surface area contributed by atoms with Crippen LogP contribution in [0.5, 0.6) is 5.88 Å². The van der Waals surface area contributed by atoms with Crippen molar-refractivity contribution in [3.8, 4) is 5.88 Å². The van der Waals surface area contributed by atoms with E-state index >= 15 is 0 Å². The SMILES string of the molecule is CCCN(CCC)c1nc(NC(=O)C(=O)Nc2cccc(C)c2)cc(OCCc2ccccn2)n1. The van der Waals surface area contributed by atoms with E-state index in [2.05, 4.69) is 39.4 Å². The maximum absolute atomic E-state index is 12.6. The molecule has 0 unspecified atom stereocenters. The van der Waals surface area contributed by atoms with E-state index in [1.54, 1.807) is 18.3 Å². The van der Waals surface area contributed by atoms with Crippen molar-refractivity contribution in [3.63, 3.8) is 0 Å². The maximum atomic E-state index is 12.6. The average molecular weight is 477 g/mol. The normalized spacial score (nSPS) is 10.5. The lowest BCUT2D eigenvalue weighted by molar-refractivity contribution is -0.133. The van der Waals surface area contributed by atoms with Gasteiger partial charge in [0.05, 0.1) is 6.61 Å². The smallest absolute Gasteiger partial charge is 0.315 e. The monoisotopic (exact) mass is 476 g/mol. The quantitative estimate of drug-likeness (QED) is 0.403. The summed E-state index contributed by atoms with van der Waals surface area (Å²) in [7, 11) is 0. The Labute approximate surface area is 206 Å². The maximum Gasteiger partial charge on any atom is 0.315 e. The van der Waals surface area contributed by atoms with E-state index in [0.717, 1.165) is 37.2 Å². The van der Waals surface area contributed by atoms with Crippen molar-refractivity contribution >= 4 is 29.3 Å². The van der Waals surface area contributed by atoms with E-state index in [1.165, 1.54) is 6.07 Å². The van der Waals surface area contributed by atoms with Crippen LogP contribution < -0.4 is 20.3 Å². The molecule has 0 spiro atoms. The molecule has 2 N–H and O–H groups in total. The topological polar surface area (TPSA) is 109 Å². The Kier molecular flexibility index (Phi) is 9.53. The molecular formula is C26H32N6O3. The second kappa shape index (κ2) is 13.0. The molecular weight excluding hydrogens is 444 g/mol. The number of aromatic nitrogens is 3. The number of ether oxygens (including phenoxy) is 1. The Hall–Kier alpha value is -4.01. The Morgan fingerprint density at radius 2 is 1.71 bits per heavy atom. The fraction of sp³-hybridized carbons (Fsp3) is 0.346. The first-order chi connectivity index (χ1) is 17.0. The van der Waals surface area contributed by atoms with Gasteiger partial charge in [-0.2, -0.15) is 9.97 Å². The fourth-order valence-electron chi connectivity index (χ4n) is 3.43. The van der Waals surface area contributed by atoms with Gasteiger partial charge in [-0.25, -0.2) is 0 Å². The molecule has 3 rings (SSSR count). The van der Waals surface area contributed by atoms with Gasteiger partial charge in [-0.05, 0) is 49.6 Å². The summed E-state index contributed by atoms with van der Waals surface area (Å²) in [6.07, 6.45) is 4.17. The van der Waals surface area contributed by atoms with E-state index in [0.29, 0.717) is 30.5 Å². The van der Waals surface area contributed by atoms with Crippen molar-refractivity contribution in [1.82, 2.24) is 15.0 Å². The number of anilines is 3. The number of nitrogens with zero attached hydrogens (tertiary/aromatic N) is 4. The fourth-order valence-corrected chi connectivity index (χ4v) is 3.43. The van der Waals surface area contributed by atoms with Crippen molar-refractivity contribution in [2.75, 3.05) is 35.2 Å². The Bertz CT molecular complexity index is 1120. The van der Waals surface area contributed by atoms with E-state index in [9.17, 15) is 9.59 Å². The third-order valence-corrected chi connectivity index (χ3v) is 5.02. The van der Waals surface area contributed by atoms with Gasteiger partial charge in [-0.15, -0.1) is 0 Å². The number of rotatable bonds is 11. The first-order valence-corrected chi connectivity index (χ1v) is 11.8. The summed E-state index contributed by atoms with van der Waals surface area (Å²) in [6.45, 7) is 7.93. The summed E-state index contributed by atoms with van der Waals surface area (Å²) < 4.78 is 5.88. The lowest BCUT2D eigenvalue weighted by atomic mass is 10.2. The highest BCUT2D eigenvalue weighted by Crippen LogP contribution is 2.20. The van der Waals surface area contributed by atoms with Crippen LogP contribution in [-0.4, -0.2) is 46.5 Å². The highest BCUT2D eigenvalue weighted by Gasteiger charge is 2.18. The van der Waals surface area contributed by atoms with Crippen molar-refractivity contribution in [3.05, 3.63) is 66.0 Å². The number of carbonyl (C=O) groups excluding carboxylic acids is 2. The zero-order valence-electron chi connectivity index (χ0n) is 20.5. The highest BCUT2D eigenvalue weighted by molar-refractivity contribution is 6.43. The van der Waals surface area contributed by atoms with Gasteiger partial charge in [0, 0.05) is 43.2 Å². The van der Waals surface area contributed by atoms with Gasteiger partial charge < -0.3 is 20.3 Å². The molecule has 2 amide bonds. The summed E-state index contributed by atoms with van der Waals surface area (Å²) in [5, 5.41) is 5.19. The number of amides is 2. The molecule has 2 heterocycles. The summed E-state index contributed by atoms with van der Waals surface area (Å²) in [5.74, 6) is -0.652. The van der Waals surface area contributed by atoms with Gasteiger partial charge in [-0.3, -0.25) is 14.6 Å². The molecule has 3 aromatic rings. The Morgan fingerprint density at radius 1 is 0.943 bits per heavy atom. The molecule has 9 nitrogen and oxygen atoms in total. The molecule has 0 saturated carbocycles. The average Bonchev–Trinajstić information content (AvgIpc) is 2.84. The molecule has 9 heteroatoms. The van der Waals surface area contributed by atoms with Gasteiger partial charge in [-0.1, -0.05) is 32.0 Å². The van der Waals surface area contributed by atoms with Gasteiger partial charge >= 0.3 is 11.8 Å². The van der Waals surface area contributed by atoms with Crippen molar-refractivity contribution in [2.45, 2.75) is 40.0 Å². The number of hydrogen-bond acceptors (Lipinski definition) is 7. The number of carbonyl (C=O) groups is 2. The third kappa shape index (κ3) is 8.06. The van der Waals surface area contributed by atoms with E-state index in [4.69, 9.17) is 4.74 Å². The number of pyridine rings is 1. The minimum Gasteiger partial charge on any atom is -0.477 e. The molecule has 0 radical (unpaired) electrons. The molecule has 0 saturated heterocycles. The van der Waals surface area contributed by atoms with Gasteiger partial charge in [0.1, 0.15) is 5.82 Å². The zero-order valence-corrected chi connectivity index (χ0v) is 20.5. The van der Waals surface area contributed by atoms with Crippen molar-refractivity contribution in [2.24, 2.45) is 0 Å². The van der Waals surface area contributed by atoms with Crippen LogP contribution in [0.3, 0.4) is 0 Å². The van der Waals surface area contributed by atoms with Crippen LogP contribution >= 0.6 is 0 Å². The molecule has 2 aromatic heterocycles. The zero-order chi connectivity index (χ0) is 25.0. The van der Waals surface area contributed by atoms with Crippen molar-refractivity contribution < 1.29 is 14.3 Å². The van der Waals surface area contributed by atoms with Gasteiger partial charge in [0.15, 0.2) is 0 Å². The molecule has 0 bridgehead atoms. The first kappa shape index (κ1) is 25.6. The van der Waals surface area contributed by atoms with Crippen molar-refractivity contribution in [1.29, 1.82) is 0 Å². The first-order valence-electron chi connectivity index (χ1n) is 11.8. The minimum atomic E-state index is -0.826. The Morgan fingerprint density at radius 3 is 2.40 bits per heavy atom. The molecule has 0 aliphatic carbocycles. The minimum absolute atomic E-state index is 0.199. The number of aryl methyl sites for hydroxylation is 1. The van der Waals surface area contributed by atoms with Crippen LogP contribution in [0.4, 0.5) is 17.5 Å². The van der Waals surface area contributed by atoms with Crippen LogP contribution in [0.15, 0.2) is 54.7 Å². The molecule has 35 heavy (non-hydrogen) atoms. The van der Waals surface area contributed by atoms with Crippen LogP contribution in [-0.2, 0) is 16.0 Å². The molecule has 0 fully saturated rings.